The summed E-state index contributed by atoms with van der Waals surface area (Å²) in [5, 5.41) is 0. The van der Waals surface area contributed by atoms with E-state index in [4.69, 9.17) is 4.74 Å². The Morgan fingerprint density at radius 3 is 1.94 bits per heavy atom. The van der Waals surface area contributed by atoms with E-state index in [9.17, 15) is 18.0 Å². The summed E-state index contributed by atoms with van der Waals surface area (Å²) in [5.41, 5.74) is -2.79. The van der Waals surface area contributed by atoms with Crippen molar-refractivity contribution in [3.63, 3.8) is 0 Å². The van der Waals surface area contributed by atoms with E-state index < -0.39 is 23.4 Å². The van der Waals surface area contributed by atoms with E-state index in [1.54, 1.807) is 20.8 Å². The highest BCUT2D eigenvalue weighted by molar-refractivity contribution is 5.69. The van der Waals surface area contributed by atoms with Crippen molar-refractivity contribution in [3.8, 4) is 0 Å². The van der Waals surface area contributed by atoms with Gasteiger partial charge >= 0.3 is 12.3 Å². The van der Waals surface area contributed by atoms with Gasteiger partial charge < -0.3 is 4.74 Å². The fourth-order valence-corrected chi connectivity index (χ4v) is 1.43. The molecule has 0 aromatic heterocycles. The molecule has 1 rings (SSSR count). The molecule has 1 amide bonds. The normalized spacial score (nSPS) is 19.2. The Labute approximate surface area is 92.5 Å². The molecule has 16 heavy (non-hydrogen) atoms. The maximum absolute atomic E-state index is 12.7. The fourth-order valence-electron chi connectivity index (χ4n) is 1.43. The zero-order chi connectivity index (χ0) is 12.8. The summed E-state index contributed by atoms with van der Waals surface area (Å²) in [6.07, 6.45) is -5.42. The minimum atomic E-state index is -4.39. The molecule has 1 saturated carbocycles. The van der Waals surface area contributed by atoms with Crippen molar-refractivity contribution in [2.75, 3.05) is 7.05 Å². The third-order valence-electron chi connectivity index (χ3n) is 2.56. The molecule has 94 valence electrons. The highest BCUT2D eigenvalue weighted by atomic mass is 19.4. The van der Waals surface area contributed by atoms with E-state index in [1.807, 2.05) is 0 Å². The standard InChI is InChI=1S/C10H16F3NO2/c1-8(2,3)16-7(15)14(4)9(5-6-9)10(11,12)13/h5-6H2,1-4H3. The van der Waals surface area contributed by atoms with Crippen LogP contribution in [0.2, 0.25) is 0 Å². The van der Waals surface area contributed by atoms with Gasteiger partial charge in [0.25, 0.3) is 0 Å². The summed E-state index contributed by atoms with van der Waals surface area (Å²) >= 11 is 0. The molecule has 0 aromatic carbocycles. The maximum atomic E-state index is 12.7. The van der Waals surface area contributed by atoms with Crippen LogP contribution in [0, 0.1) is 0 Å². The van der Waals surface area contributed by atoms with Crippen LogP contribution in [-0.4, -0.2) is 35.4 Å². The second-order valence-corrected chi connectivity index (χ2v) is 5.07. The smallest absolute Gasteiger partial charge is 0.411 e. The number of hydrogen-bond donors (Lipinski definition) is 0. The van der Waals surface area contributed by atoms with Gasteiger partial charge in [-0.15, -0.1) is 0 Å². The number of carbonyl (C=O) groups excluding carboxylic acids is 1. The molecule has 0 unspecified atom stereocenters. The molecule has 1 fully saturated rings. The van der Waals surface area contributed by atoms with Crippen molar-refractivity contribution in [1.82, 2.24) is 4.90 Å². The zero-order valence-corrected chi connectivity index (χ0v) is 9.81. The van der Waals surface area contributed by atoms with E-state index >= 15 is 0 Å². The molecule has 0 aliphatic heterocycles. The lowest BCUT2D eigenvalue weighted by Gasteiger charge is -2.32. The number of hydrogen-bond acceptors (Lipinski definition) is 2. The van der Waals surface area contributed by atoms with Gasteiger partial charge in [0, 0.05) is 7.05 Å². The van der Waals surface area contributed by atoms with Crippen molar-refractivity contribution in [1.29, 1.82) is 0 Å². The van der Waals surface area contributed by atoms with E-state index in [1.165, 1.54) is 0 Å². The molecule has 1 aliphatic rings. The minimum Gasteiger partial charge on any atom is -0.444 e. The van der Waals surface area contributed by atoms with Crippen LogP contribution in [0.25, 0.3) is 0 Å². The molecule has 1 aliphatic carbocycles. The van der Waals surface area contributed by atoms with Gasteiger partial charge in [0.05, 0.1) is 0 Å². The van der Waals surface area contributed by atoms with Crippen LogP contribution in [0.1, 0.15) is 33.6 Å². The molecule has 0 heterocycles. The van der Waals surface area contributed by atoms with Gasteiger partial charge in [0.1, 0.15) is 11.1 Å². The first-order chi connectivity index (χ1) is 7.00. The number of nitrogens with zero attached hydrogens (tertiary/aromatic N) is 1. The Kier molecular flexibility index (Phi) is 2.90. The number of rotatable bonds is 1. The molecule has 0 spiro atoms. The van der Waals surface area contributed by atoms with Gasteiger partial charge in [0.2, 0.25) is 0 Å². The number of halogens is 3. The lowest BCUT2D eigenvalue weighted by molar-refractivity contribution is -0.189. The van der Waals surface area contributed by atoms with E-state index in [0.717, 1.165) is 7.05 Å². The number of ether oxygens (including phenoxy) is 1. The predicted molar refractivity (Wildman–Crippen MR) is 52.0 cm³/mol. The van der Waals surface area contributed by atoms with Crippen molar-refractivity contribution in [3.05, 3.63) is 0 Å². The van der Waals surface area contributed by atoms with Gasteiger partial charge in [-0.2, -0.15) is 13.2 Å². The third-order valence-corrected chi connectivity index (χ3v) is 2.56. The lowest BCUT2D eigenvalue weighted by atomic mass is 10.2. The summed E-state index contributed by atoms with van der Waals surface area (Å²) in [5.74, 6) is 0. The zero-order valence-electron chi connectivity index (χ0n) is 9.81. The first kappa shape index (κ1) is 13.1. The molecule has 3 nitrogen and oxygen atoms in total. The number of carbonyl (C=O) groups is 1. The highest BCUT2D eigenvalue weighted by Crippen LogP contribution is 2.53. The Balaban J connectivity index is 2.73. The molecule has 6 heteroatoms. The fraction of sp³-hybridized carbons (Fsp3) is 0.900. The predicted octanol–water partition coefficient (Wildman–Crippen LogP) is 2.95. The molecule has 0 aromatic rings. The van der Waals surface area contributed by atoms with Crippen LogP contribution in [0.5, 0.6) is 0 Å². The first-order valence-electron chi connectivity index (χ1n) is 5.03. The lowest BCUT2D eigenvalue weighted by Crippen LogP contribution is -2.50. The van der Waals surface area contributed by atoms with Crippen LogP contribution in [0.4, 0.5) is 18.0 Å². The summed E-state index contributed by atoms with van der Waals surface area (Å²) in [6, 6.07) is 0. The molecule has 0 N–H and O–H groups in total. The van der Waals surface area contributed by atoms with Gasteiger partial charge in [0.15, 0.2) is 0 Å². The van der Waals surface area contributed by atoms with Crippen LogP contribution in [0.3, 0.4) is 0 Å². The van der Waals surface area contributed by atoms with Crippen LogP contribution < -0.4 is 0 Å². The summed E-state index contributed by atoms with van der Waals surface area (Å²) in [4.78, 5) is 12.2. The Morgan fingerprint density at radius 2 is 1.69 bits per heavy atom. The number of amides is 1. The Hall–Kier alpha value is -0.940. The SMILES string of the molecule is CN(C(=O)OC(C)(C)C)C1(C(F)(F)F)CC1. The molecular weight excluding hydrogens is 223 g/mol. The topological polar surface area (TPSA) is 29.5 Å². The second-order valence-electron chi connectivity index (χ2n) is 5.07. The van der Waals surface area contributed by atoms with E-state index in [2.05, 4.69) is 0 Å². The van der Waals surface area contributed by atoms with Gasteiger partial charge in [-0.1, -0.05) is 0 Å². The van der Waals surface area contributed by atoms with Crippen LogP contribution >= 0.6 is 0 Å². The van der Waals surface area contributed by atoms with Crippen molar-refractivity contribution < 1.29 is 22.7 Å². The van der Waals surface area contributed by atoms with Crippen LogP contribution in [0.15, 0.2) is 0 Å². The van der Waals surface area contributed by atoms with Gasteiger partial charge in [-0.25, -0.2) is 4.79 Å². The van der Waals surface area contributed by atoms with Gasteiger partial charge in [-0.05, 0) is 33.6 Å². The highest BCUT2D eigenvalue weighted by Gasteiger charge is 2.67. The minimum absolute atomic E-state index is 0.0494. The van der Waals surface area contributed by atoms with E-state index in [0.29, 0.717) is 4.90 Å². The third kappa shape index (κ3) is 2.41. The summed E-state index contributed by atoms with van der Waals surface area (Å²) in [7, 11) is 1.13. The maximum Gasteiger partial charge on any atom is 0.411 e. The molecule has 0 bridgehead atoms. The molecule has 0 atom stereocenters. The van der Waals surface area contributed by atoms with Gasteiger partial charge in [-0.3, -0.25) is 4.90 Å². The number of alkyl halides is 3. The second kappa shape index (κ2) is 3.53. The van der Waals surface area contributed by atoms with Crippen molar-refractivity contribution >= 4 is 6.09 Å². The first-order valence-corrected chi connectivity index (χ1v) is 5.03. The molecular formula is C10H16F3NO2. The monoisotopic (exact) mass is 239 g/mol. The van der Waals surface area contributed by atoms with Crippen molar-refractivity contribution in [2.24, 2.45) is 0 Å². The van der Waals surface area contributed by atoms with Crippen LogP contribution in [-0.2, 0) is 4.74 Å². The Bertz CT molecular complexity index is 289. The van der Waals surface area contributed by atoms with E-state index in [-0.39, 0.29) is 12.8 Å². The summed E-state index contributed by atoms with van der Waals surface area (Å²) in [6.45, 7) is 4.85. The Morgan fingerprint density at radius 1 is 1.25 bits per heavy atom. The van der Waals surface area contributed by atoms with Crippen molar-refractivity contribution in [2.45, 2.75) is 50.9 Å². The average Bonchev–Trinajstić information content (AvgIpc) is 2.77. The quantitative estimate of drug-likeness (QED) is 0.704. The molecule has 0 radical (unpaired) electrons. The molecule has 0 saturated heterocycles. The average molecular weight is 239 g/mol. The largest absolute Gasteiger partial charge is 0.444 e. The summed E-state index contributed by atoms with van der Waals surface area (Å²) < 4.78 is 43.0.